The van der Waals surface area contributed by atoms with Gasteiger partial charge in [-0.1, -0.05) is 19.1 Å². The van der Waals surface area contributed by atoms with Gasteiger partial charge in [-0.25, -0.2) is 8.42 Å². The minimum absolute atomic E-state index is 0. The first-order valence-electron chi connectivity index (χ1n) is 6.37. The first-order valence-corrected chi connectivity index (χ1v) is 7.81. The Morgan fingerprint density at radius 3 is 2.47 bits per heavy atom. The van der Waals surface area contributed by atoms with Crippen LogP contribution in [0.1, 0.15) is 19.4 Å². The van der Waals surface area contributed by atoms with Gasteiger partial charge in [-0.15, -0.1) is 12.4 Å². The molecule has 2 rings (SSSR count). The zero-order valence-corrected chi connectivity index (χ0v) is 12.9. The SMILES string of the molecule is CCc1ccc(S(=O)(=O)N2CCNC[C@H]2C)cc1.Cl. The Bertz CT molecular complexity index is 502. The predicted octanol–water partition coefficient (Wildman–Crippen LogP) is 1.65. The van der Waals surface area contributed by atoms with Gasteiger partial charge in [0.05, 0.1) is 4.90 Å². The fourth-order valence-corrected chi connectivity index (χ4v) is 3.84. The summed E-state index contributed by atoms with van der Waals surface area (Å²) < 4.78 is 26.6. The van der Waals surface area contributed by atoms with Crippen LogP contribution in [0.5, 0.6) is 0 Å². The highest BCUT2D eigenvalue weighted by molar-refractivity contribution is 7.89. The van der Waals surface area contributed by atoms with Crippen molar-refractivity contribution >= 4 is 22.4 Å². The molecule has 108 valence electrons. The van der Waals surface area contributed by atoms with E-state index in [1.807, 2.05) is 19.1 Å². The Hall–Kier alpha value is -0.620. The van der Waals surface area contributed by atoms with Crippen molar-refractivity contribution in [2.24, 2.45) is 0 Å². The topological polar surface area (TPSA) is 49.4 Å². The molecule has 1 aliphatic rings. The molecule has 1 heterocycles. The molecule has 1 aromatic carbocycles. The molecule has 0 radical (unpaired) electrons. The molecule has 0 spiro atoms. The van der Waals surface area contributed by atoms with Gasteiger partial charge in [0.15, 0.2) is 0 Å². The standard InChI is InChI=1S/C13H20N2O2S.ClH/c1-3-12-4-6-13(7-5-12)18(16,17)15-9-8-14-10-11(15)2;/h4-7,11,14H,3,8-10H2,1-2H3;1H/t11-;/m1./s1. The maximum atomic E-state index is 12.5. The molecule has 0 bridgehead atoms. The zero-order chi connectivity index (χ0) is 13.2. The van der Waals surface area contributed by atoms with Crippen LogP contribution in [0.15, 0.2) is 29.2 Å². The highest BCUT2D eigenvalue weighted by atomic mass is 35.5. The monoisotopic (exact) mass is 304 g/mol. The highest BCUT2D eigenvalue weighted by Crippen LogP contribution is 2.19. The molecule has 1 saturated heterocycles. The lowest BCUT2D eigenvalue weighted by Gasteiger charge is -2.32. The van der Waals surface area contributed by atoms with Crippen LogP contribution in [0.2, 0.25) is 0 Å². The molecular formula is C13H21ClN2O2S. The van der Waals surface area contributed by atoms with Crippen molar-refractivity contribution in [3.8, 4) is 0 Å². The van der Waals surface area contributed by atoms with Gasteiger partial charge in [-0.3, -0.25) is 0 Å². The number of sulfonamides is 1. The summed E-state index contributed by atoms with van der Waals surface area (Å²) in [5.74, 6) is 0. The van der Waals surface area contributed by atoms with Crippen molar-refractivity contribution in [2.75, 3.05) is 19.6 Å². The van der Waals surface area contributed by atoms with E-state index in [1.54, 1.807) is 16.4 Å². The van der Waals surface area contributed by atoms with E-state index in [2.05, 4.69) is 12.2 Å². The van der Waals surface area contributed by atoms with Crippen LogP contribution >= 0.6 is 12.4 Å². The van der Waals surface area contributed by atoms with Gasteiger partial charge in [-0.2, -0.15) is 4.31 Å². The average molecular weight is 305 g/mol. The van der Waals surface area contributed by atoms with E-state index in [0.717, 1.165) is 18.5 Å². The van der Waals surface area contributed by atoms with E-state index in [-0.39, 0.29) is 18.4 Å². The normalized spacial score (nSPS) is 20.8. The fourth-order valence-electron chi connectivity index (χ4n) is 2.21. The Kier molecular flexibility index (Phi) is 5.80. The quantitative estimate of drug-likeness (QED) is 0.924. The van der Waals surface area contributed by atoms with Gasteiger partial charge in [0.2, 0.25) is 10.0 Å². The van der Waals surface area contributed by atoms with Crippen LogP contribution in [0.25, 0.3) is 0 Å². The lowest BCUT2D eigenvalue weighted by molar-refractivity contribution is 0.284. The summed E-state index contributed by atoms with van der Waals surface area (Å²) in [7, 11) is -3.34. The fraction of sp³-hybridized carbons (Fsp3) is 0.538. The molecular weight excluding hydrogens is 284 g/mol. The van der Waals surface area contributed by atoms with Gasteiger partial charge in [0.1, 0.15) is 0 Å². The van der Waals surface area contributed by atoms with Crippen molar-refractivity contribution in [2.45, 2.75) is 31.2 Å². The smallest absolute Gasteiger partial charge is 0.243 e. The number of hydrogen-bond acceptors (Lipinski definition) is 3. The summed E-state index contributed by atoms with van der Waals surface area (Å²) in [5, 5.41) is 3.20. The summed E-state index contributed by atoms with van der Waals surface area (Å²) in [6.45, 7) is 5.97. The molecule has 0 aromatic heterocycles. The van der Waals surface area contributed by atoms with Crippen LogP contribution in [-0.4, -0.2) is 38.4 Å². The van der Waals surface area contributed by atoms with E-state index < -0.39 is 10.0 Å². The molecule has 6 heteroatoms. The minimum atomic E-state index is -3.34. The lowest BCUT2D eigenvalue weighted by Crippen LogP contribution is -2.52. The molecule has 0 amide bonds. The first kappa shape index (κ1) is 16.4. The summed E-state index contributed by atoms with van der Waals surface area (Å²) in [6.07, 6.45) is 0.921. The van der Waals surface area contributed by atoms with E-state index in [1.165, 1.54) is 0 Å². The molecule has 1 aromatic rings. The molecule has 1 aliphatic heterocycles. The number of nitrogens with zero attached hydrogens (tertiary/aromatic N) is 1. The minimum Gasteiger partial charge on any atom is -0.314 e. The van der Waals surface area contributed by atoms with E-state index in [9.17, 15) is 8.42 Å². The average Bonchev–Trinajstić information content (AvgIpc) is 2.39. The molecule has 0 saturated carbocycles. The van der Waals surface area contributed by atoms with Crippen molar-refractivity contribution in [3.63, 3.8) is 0 Å². The van der Waals surface area contributed by atoms with E-state index in [0.29, 0.717) is 18.0 Å². The van der Waals surface area contributed by atoms with Crippen LogP contribution in [0.4, 0.5) is 0 Å². The Balaban J connectivity index is 0.00000180. The van der Waals surface area contributed by atoms with Crippen LogP contribution < -0.4 is 5.32 Å². The highest BCUT2D eigenvalue weighted by Gasteiger charge is 2.30. The third-order valence-corrected chi connectivity index (χ3v) is 5.41. The molecule has 0 unspecified atom stereocenters. The summed E-state index contributed by atoms with van der Waals surface area (Å²) in [6, 6.07) is 7.21. The number of hydrogen-bond donors (Lipinski definition) is 1. The maximum Gasteiger partial charge on any atom is 0.243 e. The predicted molar refractivity (Wildman–Crippen MR) is 79.3 cm³/mol. The maximum absolute atomic E-state index is 12.5. The van der Waals surface area contributed by atoms with Gasteiger partial charge in [-0.05, 0) is 31.0 Å². The van der Waals surface area contributed by atoms with E-state index in [4.69, 9.17) is 0 Å². The van der Waals surface area contributed by atoms with Gasteiger partial charge < -0.3 is 5.32 Å². The van der Waals surface area contributed by atoms with Gasteiger partial charge in [0, 0.05) is 25.7 Å². The molecule has 4 nitrogen and oxygen atoms in total. The Morgan fingerprint density at radius 2 is 1.95 bits per heavy atom. The second-order valence-electron chi connectivity index (χ2n) is 4.67. The van der Waals surface area contributed by atoms with Crippen molar-refractivity contribution < 1.29 is 8.42 Å². The number of piperazine rings is 1. The number of benzene rings is 1. The summed E-state index contributed by atoms with van der Waals surface area (Å²) in [5.41, 5.74) is 1.15. The number of halogens is 1. The van der Waals surface area contributed by atoms with Crippen molar-refractivity contribution in [1.29, 1.82) is 0 Å². The van der Waals surface area contributed by atoms with Gasteiger partial charge >= 0.3 is 0 Å². The second kappa shape index (κ2) is 6.70. The molecule has 1 atom stereocenters. The second-order valence-corrected chi connectivity index (χ2v) is 6.56. The lowest BCUT2D eigenvalue weighted by atomic mass is 10.2. The summed E-state index contributed by atoms with van der Waals surface area (Å²) >= 11 is 0. The van der Waals surface area contributed by atoms with Gasteiger partial charge in [0.25, 0.3) is 0 Å². The molecule has 19 heavy (non-hydrogen) atoms. The molecule has 1 fully saturated rings. The molecule has 0 aliphatic carbocycles. The largest absolute Gasteiger partial charge is 0.314 e. The number of nitrogens with one attached hydrogen (secondary N) is 1. The third-order valence-electron chi connectivity index (χ3n) is 3.38. The third kappa shape index (κ3) is 3.48. The van der Waals surface area contributed by atoms with E-state index >= 15 is 0 Å². The zero-order valence-electron chi connectivity index (χ0n) is 11.3. The Labute approximate surface area is 121 Å². The van der Waals surface area contributed by atoms with Crippen LogP contribution in [0, 0.1) is 0 Å². The van der Waals surface area contributed by atoms with Crippen molar-refractivity contribution in [1.82, 2.24) is 9.62 Å². The summed E-state index contributed by atoms with van der Waals surface area (Å²) in [4.78, 5) is 0.397. The van der Waals surface area contributed by atoms with Crippen molar-refractivity contribution in [3.05, 3.63) is 29.8 Å². The molecule has 1 N–H and O–H groups in total. The Morgan fingerprint density at radius 1 is 1.32 bits per heavy atom. The first-order chi connectivity index (χ1) is 8.55. The number of rotatable bonds is 3. The van der Waals surface area contributed by atoms with Crippen LogP contribution in [-0.2, 0) is 16.4 Å². The van der Waals surface area contributed by atoms with Crippen LogP contribution in [0.3, 0.4) is 0 Å². The number of aryl methyl sites for hydroxylation is 1.